The maximum absolute atomic E-state index is 12.0. The van der Waals surface area contributed by atoms with E-state index >= 15 is 0 Å². The third kappa shape index (κ3) is 3.59. The van der Waals surface area contributed by atoms with Gasteiger partial charge in [0, 0.05) is 37.4 Å². The van der Waals surface area contributed by atoms with Gasteiger partial charge in [0.05, 0.1) is 6.54 Å². The first kappa shape index (κ1) is 14.9. The zero-order chi connectivity index (χ0) is 15.4. The maximum atomic E-state index is 12.0. The van der Waals surface area contributed by atoms with Crippen LogP contribution >= 0.6 is 0 Å². The average molecular weight is 301 g/mol. The second kappa shape index (κ2) is 6.81. The van der Waals surface area contributed by atoms with Gasteiger partial charge in [-0.15, -0.1) is 0 Å². The molecule has 0 spiro atoms. The molecule has 2 saturated heterocycles. The smallest absolute Gasteiger partial charge is 0.243 e. The number of likely N-dealkylation sites (tertiary alicyclic amines) is 1. The molecular formula is C17H23N3O2. The Kier molecular flexibility index (Phi) is 4.61. The largest absolute Gasteiger partial charge is 0.372 e. The minimum Gasteiger partial charge on any atom is -0.372 e. The molecular weight excluding hydrogens is 278 g/mol. The van der Waals surface area contributed by atoms with Gasteiger partial charge in [0.1, 0.15) is 0 Å². The van der Waals surface area contributed by atoms with Crippen molar-refractivity contribution in [1.29, 1.82) is 0 Å². The third-order valence-corrected chi connectivity index (χ3v) is 4.38. The van der Waals surface area contributed by atoms with E-state index in [2.05, 4.69) is 22.3 Å². The summed E-state index contributed by atoms with van der Waals surface area (Å²) >= 11 is 0. The first-order chi connectivity index (χ1) is 10.7. The van der Waals surface area contributed by atoms with Crippen LogP contribution in [0.5, 0.6) is 0 Å². The Balaban J connectivity index is 1.54. The number of hydrogen-bond acceptors (Lipinski definition) is 3. The van der Waals surface area contributed by atoms with Crippen molar-refractivity contribution >= 4 is 23.2 Å². The van der Waals surface area contributed by atoms with Crippen LogP contribution in [-0.2, 0) is 9.59 Å². The molecule has 2 fully saturated rings. The number of carbonyl (C=O) groups is 2. The number of nitrogens with one attached hydrogen (secondary N) is 1. The molecule has 2 aliphatic heterocycles. The predicted octanol–water partition coefficient (Wildman–Crippen LogP) is 2.24. The Labute approximate surface area is 131 Å². The van der Waals surface area contributed by atoms with Crippen LogP contribution < -0.4 is 10.2 Å². The van der Waals surface area contributed by atoms with Gasteiger partial charge in [-0.2, -0.15) is 0 Å². The average Bonchev–Trinajstić information content (AvgIpc) is 2.94. The summed E-state index contributed by atoms with van der Waals surface area (Å²) in [6.45, 7) is 3.08. The van der Waals surface area contributed by atoms with Crippen molar-refractivity contribution in [2.45, 2.75) is 32.1 Å². The summed E-state index contributed by atoms with van der Waals surface area (Å²) in [7, 11) is 0. The zero-order valence-electron chi connectivity index (χ0n) is 12.9. The van der Waals surface area contributed by atoms with E-state index in [9.17, 15) is 9.59 Å². The molecule has 0 atom stereocenters. The van der Waals surface area contributed by atoms with Crippen LogP contribution in [0.1, 0.15) is 32.1 Å². The van der Waals surface area contributed by atoms with E-state index in [1.165, 1.54) is 24.9 Å². The van der Waals surface area contributed by atoms with Crippen molar-refractivity contribution in [3.63, 3.8) is 0 Å². The van der Waals surface area contributed by atoms with Gasteiger partial charge in [0.2, 0.25) is 11.8 Å². The Hall–Kier alpha value is -2.04. The van der Waals surface area contributed by atoms with E-state index in [4.69, 9.17) is 0 Å². The molecule has 3 rings (SSSR count). The number of carbonyl (C=O) groups excluding carboxylic acids is 2. The highest BCUT2D eigenvalue weighted by atomic mass is 16.2. The Morgan fingerprint density at radius 3 is 2.36 bits per heavy atom. The molecule has 2 heterocycles. The Morgan fingerprint density at radius 1 is 1.00 bits per heavy atom. The molecule has 0 saturated carbocycles. The van der Waals surface area contributed by atoms with Crippen LogP contribution in [0.15, 0.2) is 24.3 Å². The van der Waals surface area contributed by atoms with E-state index in [1.807, 2.05) is 12.1 Å². The summed E-state index contributed by atoms with van der Waals surface area (Å²) in [6.07, 6.45) is 5.25. The molecule has 5 heteroatoms. The highest BCUT2D eigenvalue weighted by molar-refractivity contribution is 5.95. The first-order valence-electron chi connectivity index (χ1n) is 8.15. The van der Waals surface area contributed by atoms with Crippen LogP contribution in [0.25, 0.3) is 0 Å². The van der Waals surface area contributed by atoms with Gasteiger partial charge < -0.3 is 15.1 Å². The number of rotatable bonds is 4. The molecule has 22 heavy (non-hydrogen) atoms. The highest BCUT2D eigenvalue weighted by Gasteiger charge is 2.22. The van der Waals surface area contributed by atoms with E-state index in [-0.39, 0.29) is 18.4 Å². The lowest BCUT2D eigenvalue weighted by Gasteiger charge is -2.28. The lowest BCUT2D eigenvalue weighted by atomic mass is 10.1. The van der Waals surface area contributed by atoms with Crippen LogP contribution in [0, 0.1) is 0 Å². The summed E-state index contributed by atoms with van der Waals surface area (Å²) in [4.78, 5) is 27.5. The van der Waals surface area contributed by atoms with Crippen LogP contribution in [0.4, 0.5) is 11.4 Å². The molecule has 5 nitrogen and oxygen atoms in total. The van der Waals surface area contributed by atoms with Gasteiger partial charge in [0.25, 0.3) is 0 Å². The molecule has 1 aromatic rings. The first-order valence-corrected chi connectivity index (χ1v) is 8.15. The van der Waals surface area contributed by atoms with Gasteiger partial charge in [-0.1, -0.05) is 0 Å². The molecule has 0 aliphatic carbocycles. The second-order valence-corrected chi connectivity index (χ2v) is 6.06. The number of piperidine rings is 1. The summed E-state index contributed by atoms with van der Waals surface area (Å²) in [5, 5.41) is 2.87. The van der Waals surface area contributed by atoms with Crippen molar-refractivity contribution in [3.05, 3.63) is 24.3 Å². The van der Waals surface area contributed by atoms with Crippen molar-refractivity contribution in [1.82, 2.24) is 4.90 Å². The van der Waals surface area contributed by atoms with Crippen LogP contribution in [-0.4, -0.2) is 42.9 Å². The number of benzene rings is 1. The molecule has 0 bridgehead atoms. The number of hydrogen-bond donors (Lipinski definition) is 1. The predicted molar refractivity (Wildman–Crippen MR) is 86.9 cm³/mol. The molecule has 1 aromatic carbocycles. The third-order valence-electron chi connectivity index (χ3n) is 4.38. The minimum atomic E-state index is -0.124. The molecule has 0 radical (unpaired) electrons. The number of amides is 2. The van der Waals surface area contributed by atoms with Crippen molar-refractivity contribution in [2.75, 3.05) is 36.4 Å². The van der Waals surface area contributed by atoms with E-state index in [1.54, 1.807) is 4.90 Å². The highest BCUT2D eigenvalue weighted by Crippen LogP contribution is 2.21. The van der Waals surface area contributed by atoms with Gasteiger partial charge in [0.15, 0.2) is 0 Å². The standard InChI is InChI=1S/C17H23N3O2/c21-16(13-20-12-4-5-17(20)22)18-14-6-8-15(9-7-14)19-10-2-1-3-11-19/h6-9H,1-5,10-13H2,(H,18,21). The second-order valence-electron chi connectivity index (χ2n) is 6.06. The lowest BCUT2D eigenvalue weighted by molar-refractivity contribution is -0.131. The molecule has 118 valence electrons. The van der Waals surface area contributed by atoms with Crippen molar-refractivity contribution in [2.24, 2.45) is 0 Å². The zero-order valence-corrected chi connectivity index (χ0v) is 12.9. The molecule has 1 N–H and O–H groups in total. The normalized spacial score (nSPS) is 18.6. The summed E-state index contributed by atoms with van der Waals surface area (Å²) < 4.78 is 0. The van der Waals surface area contributed by atoms with E-state index in [0.29, 0.717) is 13.0 Å². The fourth-order valence-corrected chi connectivity index (χ4v) is 3.15. The maximum Gasteiger partial charge on any atom is 0.243 e. The fraction of sp³-hybridized carbons (Fsp3) is 0.529. The van der Waals surface area contributed by atoms with Crippen LogP contribution in [0.2, 0.25) is 0 Å². The fourth-order valence-electron chi connectivity index (χ4n) is 3.15. The quantitative estimate of drug-likeness (QED) is 0.928. The molecule has 0 aromatic heterocycles. The number of anilines is 2. The van der Waals surface area contributed by atoms with Gasteiger partial charge in [-0.05, 0) is 49.9 Å². The topological polar surface area (TPSA) is 52.7 Å². The van der Waals surface area contributed by atoms with Gasteiger partial charge in [-0.3, -0.25) is 9.59 Å². The van der Waals surface area contributed by atoms with Gasteiger partial charge >= 0.3 is 0 Å². The lowest BCUT2D eigenvalue weighted by Crippen LogP contribution is -2.34. The Bertz CT molecular complexity index is 535. The monoisotopic (exact) mass is 301 g/mol. The number of nitrogens with zero attached hydrogens (tertiary/aromatic N) is 2. The van der Waals surface area contributed by atoms with Crippen molar-refractivity contribution in [3.8, 4) is 0 Å². The van der Waals surface area contributed by atoms with E-state index < -0.39 is 0 Å². The minimum absolute atomic E-state index is 0.0793. The molecule has 2 amide bonds. The summed E-state index contributed by atoms with van der Waals surface area (Å²) in [5.41, 5.74) is 2.00. The summed E-state index contributed by atoms with van der Waals surface area (Å²) in [5.74, 6) is -0.0448. The Morgan fingerprint density at radius 2 is 1.73 bits per heavy atom. The van der Waals surface area contributed by atoms with Crippen molar-refractivity contribution < 1.29 is 9.59 Å². The molecule has 2 aliphatic rings. The summed E-state index contributed by atoms with van der Waals surface area (Å²) in [6, 6.07) is 7.99. The SMILES string of the molecule is O=C(CN1CCCC1=O)Nc1ccc(N2CCCCC2)cc1. The van der Waals surface area contributed by atoms with Crippen LogP contribution in [0.3, 0.4) is 0 Å². The molecule has 0 unspecified atom stereocenters. The van der Waals surface area contributed by atoms with Gasteiger partial charge in [-0.25, -0.2) is 0 Å². The van der Waals surface area contributed by atoms with E-state index in [0.717, 1.165) is 25.2 Å².